The predicted molar refractivity (Wildman–Crippen MR) is 118 cm³/mol. The molecule has 0 unspecified atom stereocenters. The van der Waals surface area contributed by atoms with Crippen molar-refractivity contribution in [3.63, 3.8) is 0 Å². The number of carbonyl (C=O) groups is 1. The zero-order valence-corrected chi connectivity index (χ0v) is 17.8. The molecule has 0 radical (unpaired) electrons. The molecule has 0 saturated carbocycles. The zero-order chi connectivity index (χ0) is 22.1. The van der Waals surface area contributed by atoms with Gasteiger partial charge in [-0.1, -0.05) is 35.9 Å². The van der Waals surface area contributed by atoms with E-state index in [1.54, 1.807) is 23.8 Å². The number of benzene rings is 1. The van der Waals surface area contributed by atoms with Crippen molar-refractivity contribution in [1.82, 2.24) is 14.0 Å². The summed E-state index contributed by atoms with van der Waals surface area (Å²) < 4.78 is 8.24. The van der Waals surface area contributed by atoms with Crippen LogP contribution in [0.5, 0.6) is 0 Å². The molecule has 7 heteroatoms. The van der Waals surface area contributed by atoms with Gasteiger partial charge in [0, 0.05) is 12.7 Å². The first-order valence-corrected chi connectivity index (χ1v) is 10.2. The third-order valence-electron chi connectivity index (χ3n) is 5.37. The molecule has 0 saturated heterocycles. The van der Waals surface area contributed by atoms with Gasteiger partial charge < -0.3 is 9.30 Å². The van der Waals surface area contributed by atoms with Gasteiger partial charge in [-0.2, -0.15) is 0 Å². The van der Waals surface area contributed by atoms with Gasteiger partial charge in [0.05, 0.1) is 12.0 Å². The average molecular weight is 416 g/mol. The molecule has 0 atom stereocenters. The monoisotopic (exact) mass is 416 g/mol. The number of esters is 1. The second kappa shape index (κ2) is 8.18. The van der Waals surface area contributed by atoms with Crippen LogP contribution in [-0.2, 0) is 17.7 Å². The Bertz CT molecular complexity index is 1420. The van der Waals surface area contributed by atoms with Crippen LogP contribution in [0, 0.1) is 19.3 Å². The van der Waals surface area contributed by atoms with Crippen molar-refractivity contribution in [3.05, 3.63) is 86.8 Å². The lowest BCUT2D eigenvalue weighted by Crippen LogP contribution is -2.31. The molecule has 0 fully saturated rings. The number of aryl methyl sites for hydroxylation is 4. The number of hydrogen-bond donors (Lipinski definition) is 1. The molecule has 0 aliphatic carbocycles. The zero-order valence-electron chi connectivity index (χ0n) is 17.8. The highest BCUT2D eigenvalue weighted by atomic mass is 16.5. The number of carbonyl (C=O) groups excluding carboxylic acids is 1. The first-order chi connectivity index (χ1) is 14.9. The summed E-state index contributed by atoms with van der Waals surface area (Å²) in [4.78, 5) is 30.5. The van der Waals surface area contributed by atoms with Crippen LogP contribution in [0.2, 0.25) is 0 Å². The molecule has 1 aromatic carbocycles. The molecule has 31 heavy (non-hydrogen) atoms. The van der Waals surface area contributed by atoms with Gasteiger partial charge in [-0.25, -0.2) is 9.78 Å². The number of fused-ring (bicyclic) bond motifs is 2. The number of hydrogen-bond acceptors (Lipinski definition) is 5. The highest BCUT2D eigenvalue weighted by molar-refractivity contribution is 5.93. The van der Waals surface area contributed by atoms with Crippen LogP contribution in [0.25, 0.3) is 16.7 Å². The Labute approximate surface area is 179 Å². The van der Waals surface area contributed by atoms with Gasteiger partial charge in [-0.05, 0) is 50.5 Å². The largest absolute Gasteiger partial charge is 0.462 e. The van der Waals surface area contributed by atoms with Crippen molar-refractivity contribution in [2.45, 2.75) is 33.7 Å². The van der Waals surface area contributed by atoms with E-state index >= 15 is 0 Å². The van der Waals surface area contributed by atoms with Crippen molar-refractivity contribution in [2.24, 2.45) is 0 Å². The molecule has 1 N–H and O–H groups in total. The molecule has 0 aliphatic heterocycles. The molecular weight excluding hydrogens is 392 g/mol. The van der Waals surface area contributed by atoms with E-state index in [9.17, 15) is 9.59 Å². The molecule has 0 bridgehead atoms. The van der Waals surface area contributed by atoms with E-state index < -0.39 is 5.97 Å². The second-order valence-corrected chi connectivity index (χ2v) is 7.55. The van der Waals surface area contributed by atoms with Gasteiger partial charge in [0.15, 0.2) is 0 Å². The second-order valence-electron chi connectivity index (χ2n) is 7.55. The first-order valence-electron chi connectivity index (χ1n) is 10.2. The average Bonchev–Trinajstić information content (AvgIpc) is 2.75. The standard InChI is InChI=1S/C24H24N4O3/c1-4-31-24(30)18-14-19-22(26-21-16(3)6-5-12-28(21)23(19)29)27(20(18)25)13-11-17-9-7-15(2)8-10-17/h5-10,12,14,25H,4,11,13H2,1-3H3. The summed E-state index contributed by atoms with van der Waals surface area (Å²) in [5, 5.41) is 8.97. The predicted octanol–water partition coefficient (Wildman–Crippen LogP) is 3.16. The summed E-state index contributed by atoms with van der Waals surface area (Å²) in [6.07, 6.45) is 2.29. The Balaban J connectivity index is 1.96. The fourth-order valence-corrected chi connectivity index (χ4v) is 3.67. The minimum Gasteiger partial charge on any atom is -0.462 e. The van der Waals surface area contributed by atoms with E-state index in [0.29, 0.717) is 24.3 Å². The van der Waals surface area contributed by atoms with Crippen molar-refractivity contribution in [2.75, 3.05) is 6.61 Å². The Morgan fingerprint density at radius 3 is 2.58 bits per heavy atom. The van der Waals surface area contributed by atoms with Crippen LogP contribution < -0.4 is 11.0 Å². The minimum atomic E-state index is -0.618. The summed E-state index contributed by atoms with van der Waals surface area (Å²) in [5.41, 5.74) is 3.82. The van der Waals surface area contributed by atoms with Crippen molar-refractivity contribution < 1.29 is 9.53 Å². The van der Waals surface area contributed by atoms with Crippen LogP contribution >= 0.6 is 0 Å². The van der Waals surface area contributed by atoms with Gasteiger partial charge in [0.25, 0.3) is 5.56 Å². The number of nitrogens with zero attached hydrogens (tertiary/aromatic N) is 3. The van der Waals surface area contributed by atoms with Gasteiger partial charge in [-0.3, -0.25) is 14.6 Å². The number of aromatic nitrogens is 3. The highest BCUT2D eigenvalue weighted by Crippen LogP contribution is 2.14. The van der Waals surface area contributed by atoms with Crippen LogP contribution in [0.3, 0.4) is 0 Å². The fourth-order valence-electron chi connectivity index (χ4n) is 3.67. The molecule has 7 nitrogen and oxygen atoms in total. The maximum Gasteiger partial charge on any atom is 0.341 e. The SMILES string of the molecule is CCOC(=O)c1cc2c(=O)n3cccc(C)c3nc2n(CCc2ccc(C)cc2)c1=N. The lowest BCUT2D eigenvalue weighted by molar-refractivity contribution is 0.0523. The number of pyridine rings is 2. The maximum absolute atomic E-state index is 13.2. The fraction of sp³-hybridized carbons (Fsp3) is 0.250. The molecule has 3 aromatic heterocycles. The maximum atomic E-state index is 13.2. The van der Waals surface area contributed by atoms with E-state index in [0.717, 1.165) is 11.1 Å². The van der Waals surface area contributed by atoms with E-state index in [-0.39, 0.29) is 28.6 Å². The normalized spacial score (nSPS) is 11.2. The van der Waals surface area contributed by atoms with Gasteiger partial charge >= 0.3 is 5.97 Å². The molecule has 4 aromatic rings. The van der Waals surface area contributed by atoms with E-state index in [1.165, 1.54) is 16.0 Å². The Hall–Kier alpha value is -3.74. The van der Waals surface area contributed by atoms with E-state index in [4.69, 9.17) is 15.1 Å². The quantitative estimate of drug-likeness (QED) is 0.400. The Morgan fingerprint density at radius 1 is 1.13 bits per heavy atom. The number of rotatable bonds is 5. The topological polar surface area (TPSA) is 89.4 Å². The lowest BCUT2D eigenvalue weighted by atomic mass is 10.1. The Kier molecular flexibility index (Phi) is 5.42. The summed E-state index contributed by atoms with van der Waals surface area (Å²) in [5.74, 6) is -0.618. The lowest BCUT2D eigenvalue weighted by Gasteiger charge is -2.15. The third-order valence-corrected chi connectivity index (χ3v) is 5.37. The van der Waals surface area contributed by atoms with E-state index in [1.807, 2.05) is 44.2 Å². The summed E-state index contributed by atoms with van der Waals surface area (Å²) in [6, 6.07) is 13.3. The molecule has 0 spiro atoms. The summed E-state index contributed by atoms with van der Waals surface area (Å²) >= 11 is 0. The molecule has 158 valence electrons. The molecular formula is C24H24N4O3. The van der Waals surface area contributed by atoms with Crippen molar-refractivity contribution in [1.29, 1.82) is 5.41 Å². The Morgan fingerprint density at radius 2 is 1.87 bits per heavy atom. The van der Waals surface area contributed by atoms with Crippen LogP contribution in [0.1, 0.15) is 34.0 Å². The smallest absolute Gasteiger partial charge is 0.341 e. The number of nitrogens with one attached hydrogen (secondary N) is 1. The summed E-state index contributed by atoms with van der Waals surface area (Å²) in [7, 11) is 0. The summed E-state index contributed by atoms with van der Waals surface area (Å²) in [6.45, 7) is 6.22. The molecule has 0 amide bonds. The number of ether oxygens (including phenoxy) is 1. The molecule has 3 heterocycles. The van der Waals surface area contributed by atoms with Gasteiger partial charge in [0.1, 0.15) is 22.3 Å². The van der Waals surface area contributed by atoms with Gasteiger partial charge in [-0.15, -0.1) is 0 Å². The van der Waals surface area contributed by atoms with Crippen molar-refractivity contribution in [3.8, 4) is 0 Å². The highest BCUT2D eigenvalue weighted by Gasteiger charge is 2.18. The van der Waals surface area contributed by atoms with Crippen LogP contribution in [0.15, 0.2) is 53.5 Å². The molecule has 0 aliphatic rings. The van der Waals surface area contributed by atoms with Crippen molar-refractivity contribution >= 4 is 22.6 Å². The van der Waals surface area contributed by atoms with Crippen LogP contribution in [-0.4, -0.2) is 26.5 Å². The van der Waals surface area contributed by atoms with Crippen LogP contribution in [0.4, 0.5) is 0 Å². The third kappa shape index (κ3) is 3.74. The first kappa shape index (κ1) is 20.5. The van der Waals surface area contributed by atoms with Gasteiger partial charge in [0.2, 0.25) is 0 Å². The minimum absolute atomic E-state index is 0.0112. The molecule has 4 rings (SSSR count). The van der Waals surface area contributed by atoms with E-state index in [2.05, 4.69) is 0 Å².